The van der Waals surface area contributed by atoms with E-state index in [0.717, 1.165) is 48.0 Å². The Bertz CT molecular complexity index is 1300. The normalized spacial score (nSPS) is 17.8. The third-order valence-corrected chi connectivity index (χ3v) is 7.49. The van der Waals surface area contributed by atoms with E-state index < -0.39 is 0 Å². The Morgan fingerprint density at radius 1 is 1.00 bits per heavy atom. The highest BCUT2D eigenvalue weighted by molar-refractivity contribution is 5.85. The van der Waals surface area contributed by atoms with Crippen molar-refractivity contribution in [3.05, 3.63) is 88.7 Å². The number of hydrogen-bond acceptors (Lipinski definition) is 3. The summed E-state index contributed by atoms with van der Waals surface area (Å²) >= 11 is 0. The Kier molecular flexibility index (Phi) is 6.22. The number of rotatable bonds is 8. The van der Waals surface area contributed by atoms with Gasteiger partial charge in [-0.05, 0) is 100 Å². The van der Waals surface area contributed by atoms with E-state index in [9.17, 15) is 9.18 Å². The molecule has 5 rings (SSSR count). The molecule has 2 aliphatic rings. The maximum atomic E-state index is 15.0. The van der Waals surface area contributed by atoms with Gasteiger partial charge in [0.1, 0.15) is 30.2 Å². The monoisotopic (exact) mass is 470 g/mol. The van der Waals surface area contributed by atoms with Gasteiger partial charge in [0.15, 0.2) is 0 Å². The van der Waals surface area contributed by atoms with E-state index in [1.165, 1.54) is 22.8 Å². The molecule has 1 atom stereocenters. The van der Waals surface area contributed by atoms with Crippen molar-refractivity contribution in [1.29, 1.82) is 0 Å². The maximum absolute atomic E-state index is 15.0. The number of ether oxygens (including phenoxy) is 2. The van der Waals surface area contributed by atoms with Gasteiger partial charge in [-0.25, -0.2) is 4.39 Å². The highest BCUT2D eigenvalue weighted by Crippen LogP contribution is 2.47. The van der Waals surface area contributed by atoms with Crippen LogP contribution in [0.15, 0.2) is 60.7 Å². The molecule has 3 aromatic carbocycles. The molecule has 0 aliphatic heterocycles. The molecule has 0 aromatic heterocycles. The van der Waals surface area contributed by atoms with Crippen molar-refractivity contribution in [2.24, 2.45) is 5.41 Å². The summed E-state index contributed by atoms with van der Waals surface area (Å²) in [6.45, 7) is 4.91. The van der Waals surface area contributed by atoms with E-state index in [4.69, 9.17) is 9.47 Å². The largest absolute Gasteiger partial charge is 0.497 e. The lowest BCUT2D eigenvalue weighted by molar-refractivity contribution is -0.108. The smallest absolute Gasteiger partial charge is 0.131 e. The van der Waals surface area contributed by atoms with Crippen LogP contribution >= 0.6 is 0 Å². The van der Waals surface area contributed by atoms with Gasteiger partial charge in [-0.15, -0.1) is 0 Å². The van der Waals surface area contributed by atoms with E-state index >= 15 is 0 Å². The number of fused-ring (bicyclic) bond motifs is 1. The first-order chi connectivity index (χ1) is 16.9. The van der Waals surface area contributed by atoms with E-state index in [2.05, 4.69) is 38.1 Å². The number of carbonyl (C=O) groups excluding carboxylic acids is 1. The molecule has 0 amide bonds. The lowest BCUT2D eigenvalue weighted by Crippen LogP contribution is -2.17. The highest BCUT2D eigenvalue weighted by Gasteiger charge is 2.30. The molecule has 3 aromatic rings. The minimum absolute atomic E-state index is 0.0128. The van der Waals surface area contributed by atoms with Gasteiger partial charge in [0, 0.05) is 12.0 Å². The molecule has 2 aliphatic carbocycles. The third kappa shape index (κ3) is 4.50. The molecule has 0 N–H and O–H groups in total. The number of hydrogen-bond donors (Lipinski definition) is 0. The van der Waals surface area contributed by atoms with Crippen molar-refractivity contribution in [2.45, 2.75) is 52.1 Å². The first-order valence-electron chi connectivity index (χ1n) is 12.3. The van der Waals surface area contributed by atoms with Crippen LogP contribution in [0.25, 0.3) is 16.7 Å². The second kappa shape index (κ2) is 9.33. The summed E-state index contributed by atoms with van der Waals surface area (Å²) in [5, 5.41) is 0. The Balaban J connectivity index is 1.47. The van der Waals surface area contributed by atoms with Crippen LogP contribution in [0, 0.1) is 11.2 Å². The van der Waals surface area contributed by atoms with Gasteiger partial charge >= 0.3 is 0 Å². The van der Waals surface area contributed by atoms with Crippen molar-refractivity contribution in [3.63, 3.8) is 0 Å². The fraction of sp³-hybridized carbons (Fsp3) is 0.323. The molecular formula is C31H31FO3. The van der Waals surface area contributed by atoms with E-state index in [1.807, 2.05) is 18.2 Å². The molecular weight excluding hydrogens is 439 g/mol. The fourth-order valence-electron chi connectivity index (χ4n) is 5.41. The molecule has 0 bridgehead atoms. The minimum Gasteiger partial charge on any atom is -0.497 e. The van der Waals surface area contributed by atoms with Crippen LogP contribution in [-0.4, -0.2) is 13.4 Å². The van der Waals surface area contributed by atoms with Crippen LogP contribution in [0.4, 0.5) is 4.39 Å². The number of carbonyl (C=O) groups is 1. The highest BCUT2D eigenvalue weighted by atomic mass is 19.1. The summed E-state index contributed by atoms with van der Waals surface area (Å²) in [6.07, 6.45) is 6.89. The van der Waals surface area contributed by atoms with Crippen LogP contribution in [0.2, 0.25) is 0 Å². The van der Waals surface area contributed by atoms with Crippen molar-refractivity contribution in [1.82, 2.24) is 0 Å². The van der Waals surface area contributed by atoms with Crippen molar-refractivity contribution < 1.29 is 18.7 Å². The van der Waals surface area contributed by atoms with Crippen molar-refractivity contribution >= 4 is 11.9 Å². The average molecular weight is 471 g/mol. The van der Waals surface area contributed by atoms with Crippen LogP contribution in [0.5, 0.6) is 11.5 Å². The summed E-state index contributed by atoms with van der Waals surface area (Å²) in [5.41, 5.74) is 7.26. The van der Waals surface area contributed by atoms with Crippen molar-refractivity contribution in [3.8, 4) is 22.6 Å². The molecule has 0 saturated carbocycles. The minimum atomic E-state index is -0.264. The van der Waals surface area contributed by atoms with Crippen LogP contribution < -0.4 is 9.47 Å². The summed E-state index contributed by atoms with van der Waals surface area (Å²) in [5.74, 6) is 1.49. The molecule has 3 nitrogen and oxygen atoms in total. The van der Waals surface area contributed by atoms with Crippen LogP contribution in [0.3, 0.4) is 0 Å². The summed E-state index contributed by atoms with van der Waals surface area (Å²) < 4.78 is 26.5. The molecule has 0 radical (unpaired) electrons. The number of aldehydes is 1. The Labute approximate surface area is 206 Å². The molecule has 0 heterocycles. The van der Waals surface area contributed by atoms with Gasteiger partial charge in [-0.3, -0.25) is 0 Å². The van der Waals surface area contributed by atoms with Crippen molar-refractivity contribution in [2.75, 3.05) is 7.11 Å². The molecule has 4 heteroatoms. The predicted octanol–water partition coefficient (Wildman–Crippen LogP) is 7.51. The zero-order valence-corrected chi connectivity index (χ0v) is 20.6. The first kappa shape index (κ1) is 23.3. The van der Waals surface area contributed by atoms with Gasteiger partial charge in [0.2, 0.25) is 0 Å². The lowest BCUT2D eigenvalue weighted by Gasteiger charge is -2.29. The SMILES string of the molecule is COc1ccc(F)c(-c2ccc(COc3ccc4c(c3)C(CC=O)C4)cc2C2=CCCC2(C)C)c1. The molecule has 180 valence electrons. The van der Waals surface area contributed by atoms with Gasteiger partial charge in [-0.2, -0.15) is 0 Å². The number of benzene rings is 3. The maximum Gasteiger partial charge on any atom is 0.131 e. The molecule has 0 fully saturated rings. The summed E-state index contributed by atoms with van der Waals surface area (Å²) in [7, 11) is 1.60. The molecule has 35 heavy (non-hydrogen) atoms. The second-order valence-electron chi connectivity index (χ2n) is 10.2. The standard InChI is InChI=1S/C31H31FO3/c1-31(2)13-4-5-29(31)27-15-20(6-10-25(27)28-17-23(34-3)9-11-30(28)32)19-35-24-8-7-21-16-22(12-14-33)26(21)18-24/h5-11,14-15,17-18,22H,4,12-13,16,19H2,1-3H3. The third-order valence-electron chi connectivity index (χ3n) is 7.49. The van der Waals surface area contributed by atoms with Crippen LogP contribution in [-0.2, 0) is 17.8 Å². The number of halogens is 1. The zero-order valence-electron chi connectivity index (χ0n) is 20.6. The van der Waals surface area contributed by atoms with E-state index in [1.54, 1.807) is 19.2 Å². The summed E-state index contributed by atoms with van der Waals surface area (Å²) in [4.78, 5) is 10.9. The Hall–Kier alpha value is -3.40. The first-order valence-corrected chi connectivity index (χ1v) is 12.3. The summed E-state index contributed by atoms with van der Waals surface area (Å²) in [6, 6.07) is 17.2. The topological polar surface area (TPSA) is 35.5 Å². The van der Waals surface area contributed by atoms with Gasteiger partial charge in [0.05, 0.1) is 7.11 Å². The van der Waals surface area contributed by atoms with Gasteiger partial charge < -0.3 is 14.3 Å². The second-order valence-corrected chi connectivity index (χ2v) is 10.2. The lowest BCUT2D eigenvalue weighted by atomic mass is 9.76. The number of methoxy groups -OCH3 is 1. The quantitative estimate of drug-likeness (QED) is 0.320. The average Bonchev–Trinajstić information content (AvgIpc) is 3.20. The predicted molar refractivity (Wildman–Crippen MR) is 137 cm³/mol. The molecule has 0 saturated heterocycles. The molecule has 1 unspecified atom stereocenters. The fourth-order valence-corrected chi connectivity index (χ4v) is 5.41. The Morgan fingerprint density at radius 3 is 2.57 bits per heavy atom. The van der Waals surface area contributed by atoms with E-state index in [0.29, 0.717) is 30.3 Å². The van der Waals surface area contributed by atoms with Gasteiger partial charge in [-0.1, -0.05) is 38.1 Å². The Morgan fingerprint density at radius 2 is 1.83 bits per heavy atom. The number of allylic oxidation sites excluding steroid dienone is 2. The van der Waals surface area contributed by atoms with Gasteiger partial charge in [0.25, 0.3) is 0 Å². The van der Waals surface area contributed by atoms with E-state index in [-0.39, 0.29) is 11.2 Å². The van der Waals surface area contributed by atoms with Crippen LogP contribution in [0.1, 0.15) is 61.3 Å². The molecule has 0 spiro atoms. The zero-order chi connectivity index (χ0) is 24.6.